The number of nitrogens with two attached hydrogens (primary N) is 1. The number of primary amides is 1. The number of halogens is 5. The van der Waals surface area contributed by atoms with Crippen LogP contribution in [0.25, 0.3) is 11.1 Å². The first kappa shape index (κ1) is 95.5. The molecule has 7 aliphatic rings. The van der Waals surface area contributed by atoms with Gasteiger partial charge in [-0.2, -0.15) is 4.98 Å². The molecule has 7 aliphatic heterocycles. The fourth-order valence-corrected chi connectivity index (χ4v) is 15.6. The summed E-state index contributed by atoms with van der Waals surface area (Å²) in [4.78, 5) is 162. The molecule has 129 heavy (non-hydrogen) atoms. The number of hydrogen-bond donors (Lipinski definition) is 21. The van der Waals surface area contributed by atoms with Gasteiger partial charge in [-0.25, -0.2) is 4.79 Å². The predicted molar refractivity (Wildman–Crippen MR) is 441 cm³/mol. The predicted octanol–water partition coefficient (Wildman–Crippen LogP) is 1.16. The Morgan fingerprint density at radius 2 is 1.36 bits per heavy atom. The van der Waals surface area contributed by atoms with Crippen LogP contribution in [0, 0.1) is 5.92 Å². The summed E-state index contributed by atoms with van der Waals surface area (Å²) in [5.74, 6) is -18.4. The monoisotopic (exact) mass is 1840 g/mol. The van der Waals surface area contributed by atoms with Crippen molar-refractivity contribution < 1.29 is 140 Å². The lowest BCUT2D eigenvalue weighted by molar-refractivity contribution is -0.334. The maximum Gasteiger partial charge on any atom is 0.573 e. The van der Waals surface area contributed by atoms with Gasteiger partial charge >= 0.3 is 12.1 Å². The van der Waals surface area contributed by atoms with Crippen molar-refractivity contribution in [1.82, 2.24) is 62.9 Å². The molecule has 690 valence electrons. The van der Waals surface area contributed by atoms with Gasteiger partial charge in [-0.1, -0.05) is 67.4 Å². The zero-order chi connectivity index (χ0) is 93.7. The number of aliphatic hydroxyl groups is 6. The Labute approximate surface area is 739 Å². The minimum Gasteiger partial charge on any atom is -0.508 e. The molecule has 11 bridgehead atoms. The number of benzene rings is 6. The van der Waals surface area contributed by atoms with Crippen molar-refractivity contribution in [3.05, 3.63) is 169 Å². The van der Waals surface area contributed by atoms with Gasteiger partial charge in [-0.15, -0.1) is 13.2 Å². The second-order valence-corrected chi connectivity index (χ2v) is 32.4. The number of ether oxygens (including phenoxy) is 7. The Morgan fingerprint density at radius 1 is 0.721 bits per heavy atom. The first-order valence-corrected chi connectivity index (χ1v) is 40.7. The molecule has 41 nitrogen and oxygen atoms in total. The van der Waals surface area contributed by atoms with Crippen LogP contribution in [-0.2, 0) is 75.1 Å². The van der Waals surface area contributed by atoms with E-state index >= 15 is 24.0 Å². The minimum atomic E-state index is -4.94. The van der Waals surface area contributed by atoms with E-state index in [2.05, 4.69) is 68.4 Å². The molecule has 0 saturated carbocycles. The van der Waals surface area contributed by atoms with E-state index in [4.69, 9.17) is 57.4 Å². The van der Waals surface area contributed by atoms with E-state index in [0.29, 0.717) is 5.56 Å². The van der Waals surface area contributed by atoms with Crippen molar-refractivity contribution in [2.75, 3.05) is 25.5 Å². The lowest BCUT2D eigenvalue weighted by atomic mass is 9.85. The van der Waals surface area contributed by atoms with E-state index < -0.39 is 283 Å². The zero-order valence-electron chi connectivity index (χ0n) is 69.0. The molecule has 0 aliphatic carbocycles. The Bertz CT molecular complexity index is 5530. The Balaban J connectivity index is 0.980. The summed E-state index contributed by atoms with van der Waals surface area (Å²) in [5.41, 5.74) is 4.89. The van der Waals surface area contributed by atoms with Crippen molar-refractivity contribution in [2.24, 2.45) is 11.7 Å². The lowest BCUT2D eigenvalue weighted by Crippen LogP contribution is -2.65. The van der Waals surface area contributed by atoms with Crippen LogP contribution in [-0.4, -0.2) is 220 Å². The van der Waals surface area contributed by atoms with Gasteiger partial charge < -0.3 is 133 Å². The Kier molecular flexibility index (Phi) is 29.6. The number of anilines is 1. The number of phenols is 3. The van der Waals surface area contributed by atoms with Gasteiger partial charge in [0.25, 0.3) is 5.91 Å². The SMILES string of the molecule is CNC(CC(C)C)C(=O)NC1C(=O)NC(CC(N)=O)C(=O)NC2C(=O)NC3C(=O)NC(C(=O)NC(C(=O)NNC(C)=O)c4cc(O)cc(O)c4-c4cc3ccc4O)C(O)c3ccc(c(Cl)c3)Oc3cc2cc(c3OC2OC(CO)C(O)C(O)C2OC2CC(C)(NCCn3ccc(NC(=O)Cc4ccc(OC(F)(F)F)cc4)nc3=O)C(O)C(C)O2)Oc2ccc(cc2Cl)C1O. The molecule has 18 unspecified atom stereocenters. The molecule has 14 rings (SSSR count). The second kappa shape index (κ2) is 40.0. The smallest absolute Gasteiger partial charge is 0.508 e. The number of hydrogen-bond acceptors (Lipinski definition) is 30. The largest absolute Gasteiger partial charge is 0.573 e. The summed E-state index contributed by atoms with van der Waals surface area (Å²) in [7, 11) is 1.45. The van der Waals surface area contributed by atoms with Crippen LogP contribution in [0.3, 0.4) is 0 Å². The molecule has 1 aromatic heterocycles. The third kappa shape index (κ3) is 22.4. The molecule has 0 radical (unpaired) electrons. The molecular weight excluding hydrogens is 1750 g/mol. The summed E-state index contributed by atoms with van der Waals surface area (Å²) in [6.45, 7) is 6.31. The highest BCUT2D eigenvalue weighted by Crippen LogP contribution is 2.50. The van der Waals surface area contributed by atoms with E-state index in [1.54, 1.807) is 20.8 Å². The molecular formula is C83H91Cl2F3N14O27. The molecule has 8 heterocycles. The molecule has 46 heteroatoms. The number of amides is 10. The number of likely N-dealkylation sites (N-methyl/N-ethyl adjacent to an activating group) is 1. The van der Waals surface area contributed by atoms with Crippen molar-refractivity contribution in [3.63, 3.8) is 0 Å². The number of carbonyl (C=O) groups excluding carboxylic acids is 10. The number of rotatable bonds is 21. The third-order valence-electron chi connectivity index (χ3n) is 21.7. The fraction of sp³-hybridized carbons (Fsp3) is 0.398. The van der Waals surface area contributed by atoms with E-state index in [-0.39, 0.29) is 55.2 Å². The van der Waals surface area contributed by atoms with Crippen molar-refractivity contribution >= 4 is 88.1 Å². The number of hydrazine groups is 1. The molecule has 0 spiro atoms. The van der Waals surface area contributed by atoms with Crippen molar-refractivity contribution in [1.29, 1.82) is 0 Å². The summed E-state index contributed by atoms with van der Waals surface area (Å²) in [6, 6.07) is 4.57. The number of fused-ring (bicyclic) bond motifs is 15. The van der Waals surface area contributed by atoms with Gasteiger partial charge in [0.2, 0.25) is 65.2 Å². The van der Waals surface area contributed by atoms with Crippen LogP contribution >= 0.6 is 23.2 Å². The van der Waals surface area contributed by atoms with E-state index in [1.165, 1.54) is 44.4 Å². The lowest BCUT2D eigenvalue weighted by Gasteiger charge is -2.48. The second-order valence-electron chi connectivity index (χ2n) is 31.6. The van der Waals surface area contributed by atoms with E-state index in [0.717, 1.165) is 96.4 Å². The van der Waals surface area contributed by atoms with Gasteiger partial charge in [0, 0.05) is 55.4 Å². The first-order chi connectivity index (χ1) is 61.0. The fourth-order valence-electron chi connectivity index (χ4n) is 15.2. The van der Waals surface area contributed by atoms with Crippen LogP contribution in [0.5, 0.6) is 51.7 Å². The van der Waals surface area contributed by atoms with Gasteiger partial charge in [-0.05, 0) is 139 Å². The van der Waals surface area contributed by atoms with Crippen LogP contribution in [0.2, 0.25) is 10.0 Å². The zero-order valence-corrected chi connectivity index (χ0v) is 70.6. The third-order valence-corrected chi connectivity index (χ3v) is 22.2. The highest BCUT2D eigenvalue weighted by atomic mass is 35.5. The molecule has 18 atom stereocenters. The van der Waals surface area contributed by atoms with Crippen molar-refractivity contribution in [2.45, 2.75) is 182 Å². The standard InChI is InChI=1S/C83H91Cl2F3N14O27/c1-33(2)21-47(90-6)73(115)98-64-66(110)38-10-15-51(45(84)24-38)124-53-26-40-27-54(70(53)128-80-71(69(113)68(112)55(32-103)126-80)127-59-31-82(5,72(114)34(3)123-59)91-18-20-102-19-17-57(94-81(102)122)93-58(109)22-36-7-12-42(13-8-36)129-83(86,87)88)125-52-16-11-39(25-46(52)85)67(111)65-78(120)97-63(79(121)101-100-35(4)104)44-28-41(105)29-50(107)60(44)43-23-37(9-14-49(43)106)61(75(117)99-65)96-76(118)62(40)95-74(116)48(30-56(89)108)92-77(64)119/h7-17,19,23-29,33-34,47-48,55,59,61-69,71-72,80,90-91,103,105-107,110-114H,18,20-22,30-32H2,1-6H3,(H2,89,108)(H,92,119)(H,95,116)(H,96,118)(H,97,120)(H,98,115)(H,99,117)(H,100,104)(H,101,121)(H,93,94,109,122). The van der Waals surface area contributed by atoms with Gasteiger partial charge in [0.15, 0.2) is 23.9 Å². The number of aliphatic hydroxyl groups excluding tert-OH is 6. The normalized spacial score (nSPS) is 25.6. The van der Waals surface area contributed by atoms with Crippen LogP contribution in [0.15, 0.2) is 120 Å². The average molecular weight is 1840 g/mol. The number of nitrogens with zero attached hydrogens (tertiary/aromatic N) is 2. The summed E-state index contributed by atoms with van der Waals surface area (Å²) < 4.78 is 82.5. The number of nitrogens with one attached hydrogen (secondary N) is 11. The van der Waals surface area contributed by atoms with Gasteiger partial charge in [-0.3, -0.25) is 63.4 Å². The quantitative estimate of drug-likeness (QED) is 0.0449. The number of aromatic nitrogens is 2. The summed E-state index contributed by atoms with van der Waals surface area (Å²) in [6.07, 6.45) is -24.0. The number of carbonyl (C=O) groups is 10. The maximum atomic E-state index is 16.3. The van der Waals surface area contributed by atoms with Crippen molar-refractivity contribution in [3.8, 4) is 62.9 Å². The highest BCUT2D eigenvalue weighted by Gasteiger charge is 2.53. The average Bonchev–Trinajstić information content (AvgIpc) is 0.764. The maximum absolute atomic E-state index is 16.3. The van der Waals surface area contributed by atoms with Gasteiger partial charge in [0.1, 0.15) is 107 Å². The molecule has 6 aromatic carbocycles. The van der Waals surface area contributed by atoms with Gasteiger partial charge in [0.05, 0.1) is 47.7 Å². The number of alkyl halides is 3. The first-order valence-electron chi connectivity index (χ1n) is 39.9. The number of aromatic hydroxyl groups is 3. The molecule has 2 saturated heterocycles. The Morgan fingerprint density at radius 3 is 1.97 bits per heavy atom. The van der Waals surface area contributed by atoms with Crippen LogP contribution in [0.1, 0.15) is 118 Å². The summed E-state index contributed by atoms with van der Waals surface area (Å²) in [5, 5.41) is 129. The molecule has 10 amide bonds. The van der Waals surface area contributed by atoms with Crippen LogP contribution < -0.4 is 89.1 Å². The number of phenolic OH excluding ortho intramolecular Hbond substituents is 3. The van der Waals surface area contributed by atoms with E-state index in [9.17, 15) is 87.9 Å². The van der Waals surface area contributed by atoms with E-state index in [1.807, 2.05) is 0 Å². The van der Waals surface area contributed by atoms with Crippen LogP contribution in [0.4, 0.5) is 19.0 Å². The summed E-state index contributed by atoms with van der Waals surface area (Å²) >= 11 is 14.3. The molecule has 22 N–H and O–H groups in total. The minimum absolute atomic E-state index is 0.105. The molecule has 2 fully saturated rings. The Hall–Kier alpha value is -12.6. The molecule has 7 aromatic rings. The highest BCUT2D eigenvalue weighted by molar-refractivity contribution is 6.32. The topological polar surface area (TPSA) is 611 Å².